The smallest absolute Gasteiger partial charge is 0.278 e. The van der Waals surface area contributed by atoms with Crippen LogP contribution >= 0.6 is 11.8 Å². The van der Waals surface area contributed by atoms with E-state index in [-0.39, 0.29) is 29.3 Å². The molecule has 0 spiro atoms. The first-order valence-electron chi connectivity index (χ1n) is 11.0. The molecule has 1 aliphatic heterocycles. The van der Waals surface area contributed by atoms with Crippen LogP contribution in [0.4, 0.5) is 0 Å². The molecule has 3 rings (SSSR count). The quantitative estimate of drug-likeness (QED) is 0.435. The van der Waals surface area contributed by atoms with Gasteiger partial charge >= 0.3 is 0 Å². The largest absolute Gasteiger partial charge is 0.493 e. The highest BCUT2D eigenvalue weighted by molar-refractivity contribution is 8.14. The SMILES string of the molecule is C=CCN1C(=O)/C(=C/c2cc(OC)c(OC)c(OC)c2)N=C1SCC(=O)NC1CCCCC1. The van der Waals surface area contributed by atoms with Crippen molar-refractivity contribution in [1.82, 2.24) is 10.2 Å². The zero-order chi connectivity index (χ0) is 23.8. The second-order valence-corrected chi connectivity index (χ2v) is 8.72. The molecule has 1 heterocycles. The number of hydrogen-bond donors (Lipinski definition) is 1. The monoisotopic (exact) mass is 473 g/mol. The normalized spacial score (nSPS) is 17.7. The molecule has 0 aromatic heterocycles. The lowest BCUT2D eigenvalue weighted by atomic mass is 9.95. The average molecular weight is 474 g/mol. The first-order valence-corrected chi connectivity index (χ1v) is 11.9. The van der Waals surface area contributed by atoms with Gasteiger partial charge in [-0.1, -0.05) is 37.1 Å². The van der Waals surface area contributed by atoms with Gasteiger partial charge in [0.25, 0.3) is 5.91 Å². The number of nitrogens with zero attached hydrogens (tertiary/aromatic N) is 2. The summed E-state index contributed by atoms with van der Waals surface area (Å²) < 4.78 is 16.1. The lowest BCUT2D eigenvalue weighted by molar-refractivity contribution is -0.122. The molecule has 0 saturated heterocycles. The molecule has 9 heteroatoms. The van der Waals surface area contributed by atoms with Crippen LogP contribution in [0.1, 0.15) is 37.7 Å². The maximum Gasteiger partial charge on any atom is 0.278 e. The van der Waals surface area contributed by atoms with Crippen LogP contribution in [-0.2, 0) is 9.59 Å². The fourth-order valence-corrected chi connectivity index (χ4v) is 4.74. The summed E-state index contributed by atoms with van der Waals surface area (Å²) in [7, 11) is 4.60. The van der Waals surface area contributed by atoms with Crippen molar-refractivity contribution in [3.8, 4) is 17.2 Å². The van der Waals surface area contributed by atoms with Crippen molar-refractivity contribution < 1.29 is 23.8 Å². The molecule has 1 aliphatic carbocycles. The molecule has 1 aromatic carbocycles. The van der Waals surface area contributed by atoms with E-state index in [1.54, 1.807) is 24.3 Å². The first-order chi connectivity index (χ1) is 16.0. The maximum atomic E-state index is 13.0. The number of amides is 2. The molecule has 1 aromatic rings. The molecule has 1 fully saturated rings. The second kappa shape index (κ2) is 11.8. The Morgan fingerprint density at radius 2 is 1.85 bits per heavy atom. The summed E-state index contributed by atoms with van der Waals surface area (Å²) >= 11 is 1.25. The lowest BCUT2D eigenvalue weighted by Gasteiger charge is -2.22. The van der Waals surface area contributed by atoms with Crippen molar-refractivity contribution in [3.05, 3.63) is 36.0 Å². The van der Waals surface area contributed by atoms with Gasteiger partial charge in [0.1, 0.15) is 5.70 Å². The van der Waals surface area contributed by atoms with Crippen LogP contribution < -0.4 is 19.5 Å². The Balaban J connectivity index is 1.78. The van der Waals surface area contributed by atoms with Gasteiger partial charge in [-0.15, -0.1) is 6.58 Å². The van der Waals surface area contributed by atoms with E-state index >= 15 is 0 Å². The predicted molar refractivity (Wildman–Crippen MR) is 131 cm³/mol. The Kier molecular flexibility index (Phi) is 8.82. The van der Waals surface area contributed by atoms with Crippen LogP contribution in [0.2, 0.25) is 0 Å². The van der Waals surface area contributed by atoms with Crippen LogP contribution in [0, 0.1) is 0 Å². The standard InChI is InChI=1S/C24H31N3O5S/c1-5-11-27-23(29)18(12-16-13-19(30-2)22(32-4)20(14-16)31-3)26-24(27)33-15-21(28)25-17-9-7-6-8-10-17/h5,12-14,17H,1,6-11,15H2,2-4H3,(H,25,28)/b18-12-. The fourth-order valence-electron chi connectivity index (χ4n) is 3.92. The van der Waals surface area contributed by atoms with E-state index in [4.69, 9.17) is 14.2 Å². The van der Waals surface area contributed by atoms with E-state index in [0.29, 0.717) is 34.5 Å². The molecule has 0 radical (unpaired) electrons. The summed E-state index contributed by atoms with van der Waals surface area (Å²) in [4.78, 5) is 31.5. The molecule has 33 heavy (non-hydrogen) atoms. The molecule has 1 N–H and O–H groups in total. The van der Waals surface area contributed by atoms with E-state index < -0.39 is 0 Å². The minimum absolute atomic E-state index is 0.0392. The predicted octanol–water partition coefficient (Wildman–Crippen LogP) is 3.62. The molecule has 2 aliphatic rings. The number of carbonyl (C=O) groups is 2. The second-order valence-electron chi connectivity index (χ2n) is 7.78. The molecule has 178 valence electrons. The zero-order valence-electron chi connectivity index (χ0n) is 19.4. The van der Waals surface area contributed by atoms with Crippen molar-refractivity contribution in [2.75, 3.05) is 33.6 Å². The van der Waals surface area contributed by atoms with Crippen molar-refractivity contribution >= 4 is 34.8 Å². The Morgan fingerprint density at radius 1 is 1.18 bits per heavy atom. The van der Waals surface area contributed by atoms with E-state index in [1.165, 1.54) is 44.4 Å². The van der Waals surface area contributed by atoms with Crippen molar-refractivity contribution in [2.45, 2.75) is 38.1 Å². The van der Waals surface area contributed by atoms with Crippen LogP contribution in [0.25, 0.3) is 6.08 Å². The Bertz CT molecular complexity index is 928. The summed E-state index contributed by atoms with van der Waals surface area (Å²) in [6, 6.07) is 3.74. The summed E-state index contributed by atoms with van der Waals surface area (Å²) in [5, 5.41) is 3.58. The van der Waals surface area contributed by atoms with Gasteiger partial charge in [-0.25, -0.2) is 4.99 Å². The van der Waals surface area contributed by atoms with E-state index in [0.717, 1.165) is 25.7 Å². The van der Waals surface area contributed by atoms with E-state index in [1.807, 2.05) is 0 Å². The Morgan fingerprint density at radius 3 is 2.42 bits per heavy atom. The third-order valence-corrected chi connectivity index (χ3v) is 6.49. The minimum atomic E-state index is -0.251. The lowest BCUT2D eigenvalue weighted by Crippen LogP contribution is -2.38. The highest BCUT2D eigenvalue weighted by atomic mass is 32.2. The number of nitrogens with one attached hydrogen (secondary N) is 1. The van der Waals surface area contributed by atoms with Crippen molar-refractivity contribution in [1.29, 1.82) is 0 Å². The molecular formula is C24H31N3O5S. The number of amidine groups is 1. The number of benzene rings is 1. The van der Waals surface area contributed by atoms with Gasteiger partial charge in [0.15, 0.2) is 16.7 Å². The number of thioether (sulfide) groups is 1. The first kappa shape index (κ1) is 24.7. The van der Waals surface area contributed by atoms with Crippen molar-refractivity contribution in [3.63, 3.8) is 0 Å². The fraction of sp³-hybridized carbons (Fsp3) is 0.458. The summed E-state index contributed by atoms with van der Waals surface area (Å²) in [5.74, 6) is 1.34. The van der Waals surface area contributed by atoms with Gasteiger partial charge in [0, 0.05) is 12.6 Å². The van der Waals surface area contributed by atoms with Crippen LogP contribution in [0.5, 0.6) is 17.2 Å². The molecule has 0 bridgehead atoms. The van der Waals surface area contributed by atoms with Crippen LogP contribution in [-0.4, -0.2) is 61.6 Å². The van der Waals surface area contributed by atoms with Gasteiger partial charge in [0.05, 0.1) is 27.1 Å². The van der Waals surface area contributed by atoms with E-state index in [9.17, 15) is 9.59 Å². The van der Waals surface area contributed by atoms with E-state index in [2.05, 4.69) is 16.9 Å². The van der Waals surface area contributed by atoms with Gasteiger partial charge in [-0.3, -0.25) is 14.5 Å². The highest BCUT2D eigenvalue weighted by Crippen LogP contribution is 2.39. The van der Waals surface area contributed by atoms with Gasteiger partial charge in [0.2, 0.25) is 11.7 Å². The molecule has 1 saturated carbocycles. The number of methoxy groups -OCH3 is 3. The number of hydrogen-bond acceptors (Lipinski definition) is 7. The molecule has 0 atom stereocenters. The Labute approximate surface area is 199 Å². The topological polar surface area (TPSA) is 89.5 Å². The number of ether oxygens (including phenoxy) is 3. The molecule has 0 unspecified atom stereocenters. The molecular weight excluding hydrogens is 442 g/mol. The van der Waals surface area contributed by atoms with Crippen molar-refractivity contribution in [2.24, 2.45) is 4.99 Å². The van der Waals surface area contributed by atoms with Gasteiger partial charge in [-0.05, 0) is 36.6 Å². The van der Waals surface area contributed by atoms with Gasteiger partial charge < -0.3 is 19.5 Å². The van der Waals surface area contributed by atoms with Crippen LogP contribution in [0.15, 0.2) is 35.5 Å². The maximum absolute atomic E-state index is 13.0. The number of carbonyl (C=O) groups excluding carboxylic acids is 2. The molecule has 8 nitrogen and oxygen atoms in total. The van der Waals surface area contributed by atoms with Gasteiger partial charge in [-0.2, -0.15) is 0 Å². The summed E-state index contributed by atoms with van der Waals surface area (Å²) in [5.41, 5.74) is 0.942. The molecule has 2 amide bonds. The average Bonchev–Trinajstić information content (AvgIpc) is 3.12. The summed E-state index contributed by atoms with van der Waals surface area (Å²) in [6.45, 7) is 4.04. The number of rotatable bonds is 9. The zero-order valence-corrected chi connectivity index (χ0v) is 20.2. The Hall–Kier alpha value is -2.94. The summed E-state index contributed by atoms with van der Waals surface area (Å²) in [6.07, 6.45) is 8.90. The minimum Gasteiger partial charge on any atom is -0.493 e. The van der Waals surface area contributed by atoms with Crippen LogP contribution in [0.3, 0.4) is 0 Å². The highest BCUT2D eigenvalue weighted by Gasteiger charge is 2.30. The third kappa shape index (κ3) is 6.10. The number of aliphatic imine (C=N–C) groups is 1. The third-order valence-electron chi connectivity index (χ3n) is 5.52.